The highest BCUT2D eigenvalue weighted by atomic mass is 32.2. The lowest BCUT2D eigenvalue weighted by atomic mass is 9.97. The van der Waals surface area contributed by atoms with Crippen LogP contribution in [0.3, 0.4) is 0 Å². The Labute approximate surface area is 126 Å². The van der Waals surface area contributed by atoms with Crippen LogP contribution in [-0.4, -0.2) is 58.7 Å². The normalized spacial score (nSPS) is 21.4. The molecule has 2 saturated heterocycles. The van der Waals surface area contributed by atoms with Gasteiger partial charge < -0.3 is 19.2 Å². The lowest BCUT2D eigenvalue weighted by Gasteiger charge is -2.44. The molecule has 1 amide bonds. The van der Waals surface area contributed by atoms with Crippen molar-refractivity contribution in [1.29, 1.82) is 0 Å². The van der Waals surface area contributed by atoms with E-state index in [-0.39, 0.29) is 22.0 Å². The number of carbonyl (C=O) groups is 2. The maximum Gasteiger partial charge on any atom is 0.338 e. The number of thioether (sulfide) groups is 1. The van der Waals surface area contributed by atoms with Gasteiger partial charge in [0, 0.05) is 42.9 Å². The number of ether oxygens (including phenoxy) is 1. The van der Waals surface area contributed by atoms with Gasteiger partial charge in [-0.05, 0) is 12.8 Å². The molecule has 2 fully saturated rings. The number of rotatable bonds is 2. The largest absolute Gasteiger partial charge is 0.478 e. The zero-order valence-corrected chi connectivity index (χ0v) is 12.4. The number of carboxylic acids is 1. The molecule has 3 heterocycles. The van der Waals surface area contributed by atoms with Crippen molar-refractivity contribution < 1.29 is 23.8 Å². The topological polar surface area (TPSA) is 80.0 Å². The smallest absolute Gasteiger partial charge is 0.338 e. The molecule has 114 valence electrons. The van der Waals surface area contributed by atoms with Gasteiger partial charge in [-0.1, -0.05) is 0 Å². The van der Waals surface area contributed by atoms with Crippen molar-refractivity contribution in [2.75, 3.05) is 32.1 Å². The van der Waals surface area contributed by atoms with E-state index in [2.05, 4.69) is 0 Å². The van der Waals surface area contributed by atoms with E-state index in [1.165, 1.54) is 6.07 Å². The Bertz CT molecular complexity index is 544. The first kappa shape index (κ1) is 14.5. The molecule has 1 spiro atoms. The van der Waals surface area contributed by atoms with Gasteiger partial charge in [-0.3, -0.25) is 4.79 Å². The van der Waals surface area contributed by atoms with Crippen LogP contribution in [0.1, 0.15) is 33.8 Å². The summed E-state index contributed by atoms with van der Waals surface area (Å²) in [6.07, 6.45) is 3.00. The summed E-state index contributed by atoms with van der Waals surface area (Å²) < 4.78 is 10.6. The zero-order chi connectivity index (χ0) is 14.9. The van der Waals surface area contributed by atoms with E-state index in [1.807, 2.05) is 11.8 Å². The number of carboxylic acid groups (broad SMARTS) is 1. The van der Waals surface area contributed by atoms with Gasteiger partial charge in [0.15, 0.2) is 5.76 Å². The van der Waals surface area contributed by atoms with Gasteiger partial charge in [-0.25, -0.2) is 4.79 Å². The Morgan fingerprint density at radius 1 is 1.33 bits per heavy atom. The Kier molecular flexibility index (Phi) is 3.95. The predicted molar refractivity (Wildman–Crippen MR) is 76.8 cm³/mol. The van der Waals surface area contributed by atoms with Crippen LogP contribution in [0.25, 0.3) is 0 Å². The molecule has 0 aliphatic carbocycles. The molecular formula is C14H17NO5S. The van der Waals surface area contributed by atoms with Crippen molar-refractivity contribution in [2.24, 2.45) is 0 Å². The lowest BCUT2D eigenvalue weighted by molar-refractivity contribution is 0.0519. The van der Waals surface area contributed by atoms with Crippen molar-refractivity contribution in [3.8, 4) is 0 Å². The summed E-state index contributed by atoms with van der Waals surface area (Å²) in [4.78, 5) is 25.1. The second-order valence-electron chi connectivity index (χ2n) is 5.38. The minimum absolute atomic E-state index is 0.00511. The van der Waals surface area contributed by atoms with E-state index < -0.39 is 5.97 Å². The van der Waals surface area contributed by atoms with E-state index >= 15 is 0 Å². The monoisotopic (exact) mass is 311 g/mol. The standard InChI is InChI=1S/C14H17NO5S/c16-12(11-7-10(8-20-11)13(17)18)15-3-6-21-14(9-15)1-4-19-5-2-14/h7-8H,1-6,9H2,(H,17,18). The highest BCUT2D eigenvalue weighted by Crippen LogP contribution is 2.39. The molecule has 7 heteroatoms. The fraction of sp³-hybridized carbons (Fsp3) is 0.571. The molecule has 0 radical (unpaired) electrons. The SMILES string of the molecule is O=C(O)c1coc(C(=O)N2CCSC3(CCOCC3)C2)c1. The van der Waals surface area contributed by atoms with Crippen molar-refractivity contribution >= 4 is 23.6 Å². The fourth-order valence-corrected chi connectivity index (χ4v) is 4.23. The Hall–Kier alpha value is -1.47. The predicted octanol–water partition coefficient (Wildman–Crippen LogP) is 1.72. The molecule has 1 N–H and O–H groups in total. The van der Waals surface area contributed by atoms with Gasteiger partial charge in [0.2, 0.25) is 0 Å². The summed E-state index contributed by atoms with van der Waals surface area (Å²) in [6, 6.07) is 1.29. The maximum absolute atomic E-state index is 12.5. The van der Waals surface area contributed by atoms with Gasteiger partial charge in [-0.15, -0.1) is 0 Å². The average molecular weight is 311 g/mol. The van der Waals surface area contributed by atoms with Crippen molar-refractivity contribution in [3.63, 3.8) is 0 Å². The van der Waals surface area contributed by atoms with Crippen LogP contribution < -0.4 is 0 Å². The number of aromatic carboxylic acids is 1. The van der Waals surface area contributed by atoms with Gasteiger partial charge in [0.25, 0.3) is 5.91 Å². The molecule has 0 unspecified atom stereocenters. The van der Waals surface area contributed by atoms with Gasteiger partial charge in [0.1, 0.15) is 6.26 Å². The number of hydrogen-bond donors (Lipinski definition) is 1. The van der Waals surface area contributed by atoms with Crippen LogP contribution >= 0.6 is 11.8 Å². The van der Waals surface area contributed by atoms with Crippen LogP contribution in [-0.2, 0) is 4.74 Å². The highest BCUT2D eigenvalue weighted by Gasteiger charge is 2.39. The number of hydrogen-bond acceptors (Lipinski definition) is 5. The molecule has 0 atom stereocenters. The molecule has 0 bridgehead atoms. The summed E-state index contributed by atoms with van der Waals surface area (Å²) in [5, 5.41) is 8.89. The van der Waals surface area contributed by atoms with E-state index in [0.29, 0.717) is 13.1 Å². The zero-order valence-electron chi connectivity index (χ0n) is 11.5. The second kappa shape index (κ2) is 5.73. The molecule has 2 aliphatic heterocycles. The van der Waals surface area contributed by atoms with Crippen molar-refractivity contribution in [2.45, 2.75) is 17.6 Å². The van der Waals surface area contributed by atoms with Crippen LogP contribution in [0.2, 0.25) is 0 Å². The lowest BCUT2D eigenvalue weighted by Crippen LogP contribution is -2.51. The van der Waals surface area contributed by atoms with E-state index in [0.717, 1.165) is 38.1 Å². The number of amides is 1. The molecule has 2 aliphatic rings. The third kappa shape index (κ3) is 2.94. The minimum Gasteiger partial charge on any atom is -0.478 e. The fourth-order valence-electron chi connectivity index (χ4n) is 2.78. The van der Waals surface area contributed by atoms with E-state index in [9.17, 15) is 9.59 Å². The van der Waals surface area contributed by atoms with Crippen LogP contribution in [0, 0.1) is 0 Å². The Morgan fingerprint density at radius 3 is 2.76 bits per heavy atom. The number of furan rings is 1. The van der Waals surface area contributed by atoms with Crippen LogP contribution in [0.5, 0.6) is 0 Å². The summed E-state index contributed by atoms with van der Waals surface area (Å²) >= 11 is 1.91. The Morgan fingerprint density at radius 2 is 2.10 bits per heavy atom. The summed E-state index contributed by atoms with van der Waals surface area (Å²) in [7, 11) is 0. The van der Waals surface area contributed by atoms with Crippen molar-refractivity contribution in [3.05, 3.63) is 23.7 Å². The minimum atomic E-state index is -1.09. The van der Waals surface area contributed by atoms with E-state index in [1.54, 1.807) is 4.90 Å². The first-order valence-electron chi connectivity index (χ1n) is 6.92. The summed E-state index contributed by atoms with van der Waals surface area (Å²) in [5.41, 5.74) is 0.00511. The molecule has 21 heavy (non-hydrogen) atoms. The number of carbonyl (C=O) groups excluding carboxylic acids is 1. The maximum atomic E-state index is 12.5. The van der Waals surface area contributed by atoms with Crippen molar-refractivity contribution in [1.82, 2.24) is 4.90 Å². The first-order chi connectivity index (χ1) is 10.1. The highest BCUT2D eigenvalue weighted by molar-refractivity contribution is 8.00. The molecule has 1 aromatic rings. The average Bonchev–Trinajstić information content (AvgIpc) is 2.97. The first-order valence-corrected chi connectivity index (χ1v) is 7.91. The third-order valence-corrected chi connectivity index (χ3v) is 5.53. The summed E-state index contributed by atoms with van der Waals surface area (Å²) in [5.74, 6) is -0.332. The van der Waals surface area contributed by atoms with E-state index in [4.69, 9.17) is 14.3 Å². The molecular weight excluding hydrogens is 294 g/mol. The van der Waals surface area contributed by atoms with Gasteiger partial charge in [-0.2, -0.15) is 11.8 Å². The Balaban J connectivity index is 1.73. The van der Waals surface area contributed by atoms with Gasteiger partial charge >= 0.3 is 5.97 Å². The molecule has 0 saturated carbocycles. The molecule has 0 aromatic carbocycles. The third-order valence-electron chi connectivity index (χ3n) is 4.00. The molecule has 6 nitrogen and oxygen atoms in total. The summed E-state index contributed by atoms with van der Waals surface area (Å²) in [6.45, 7) is 2.80. The van der Waals surface area contributed by atoms with Gasteiger partial charge in [0.05, 0.1) is 5.56 Å². The molecule has 3 rings (SSSR count). The van der Waals surface area contributed by atoms with Crippen LogP contribution in [0.15, 0.2) is 16.7 Å². The van der Waals surface area contributed by atoms with Crippen LogP contribution in [0.4, 0.5) is 0 Å². The second-order valence-corrected chi connectivity index (χ2v) is 6.94. The number of nitrogens with zero attached hydrogens (tertiary/aromatic N) is 1. The molecule has 1 aromatic heterocycles. The quantitative estimate of drug-likeness (QED) is 0.896.